The van der Waals surface area contributed by atoms with Gasteiger partial charge in [0.15, 0.2) is 0 Å². The Morgan fingerprint density at radius 1 is 1.19 bits per heavy atom. The van der Waals surface area contributed by atoms with Gasteiger partial charge in [-0.3, -0.25) is 4.79 Å². The molecule has 0 radical (unpaired) electrons. The van der Waals surface area contributed by atoms with Crippen LogP contribution in [0, 0.1) is 13.8 Å². The number of anilines is 1. The minimum Gasteiger partial charge on any atom is -0.397 e. The predicted octanol–water partition coefficient (Wildman–Crippen LogP) is 2.88. The van der Waals surface area contributed by atoms with Gasteiger partial charge < -0.3 is 10.6 Å². The molecule has 3 aromatic rings. The largest absolute Gasteiger partial charge is 0.397 e. The van der Waals surface area contributed by atoms with E-state index >= 15 is 0 Å². The quantitative estimate of drug-likeness (QED) is 0.771. The Labute approximate surface area is 155 Å². The van der Waals surface area contributed by atoms with Gasteiger partial charge in [-0.2, -0.15) is 0 Å². The molecule has 0 fully saturated rings. The number of pyridine rings is 1. The molecule has 0 aliphatic carbocycles. The SMILES string of the molecule is Cc1ncc2c(n1)CN(C(=O)Cc1nc(-c3ccc(C)s3)ccc1N)C2. The van der Waals surface area contributed by atoms with Crippen LogP contribution in [0.25, 0.3) is 10.6 Å². The molecule has 1 aliphatic rings. The molecule has 7 heteroatoms. The van der Waals surface area contributed by atoms with Crippen LogP contribution in [0.15, 0.2) is 30.5 Å². The highest BCUT2D eigenvalue weighted by Crippen LogP contribution is 2.28. The lowest BCUT2D eigenvalue weighted by Gasteiger charge is -2.15. The van der Waals surface area contributed by atoms with Crippen LogP contribution >= 0.6 is 11.3 Å². The summed E-state index contributed by atoms with van der Waals surface area (Å²) in [6.07, 6.45) is 1.99. The molecule has 4 rings (SSSR count). The maximum atomic E-state index is 12.8. The first-order valence-corrected chi connectivity index (χ1v) is 9.22. The van der Waals surface area contributed by atoms with E-state index in [9.17, 15) is 4.79 Å². The molecular weight excluding hydrogens is 346 g/mol. The zero-order valence-corrected chi connectivity index (χ0v) is 15.5. The number of aromatic nitrogens is 3. The molecule has 0 atom stereocenters. The average Bonchev–Trinajstić information content (AvgIpc) is 3.22. The van der Waals surface area contributed by atoms with Crippen LogP contribution < -0.4 is 5.73 Å². The molecule has 26 heavy (non-hydrogen) atoms. The first-order valence-electron chi connectivity index (χ1n) is 8.41. The molecule has 1 amide bonds. The molecule has 3 aromatic heterocycles. The Hall–Kier alpha value is -2.80. The first-order chi connectivity index (χ1) is 12.5. The number of hydrogen-bond donors (Lipinski definition) is 1. The lowest BCUT2D eigenvalue weighted by molar-refractivity contribution is -0.131. The Bertz CT molecular complexity index is 997. The third-order valence-corrected chi connectivity index (χ3v) is 5.47. The number of thiophene rings is 1. The summed E-state index contributed by atoms with van der Waals surface area (Å²) in [6.45, 7) is 4.97. The van der Waals surface area contributed by atoms with Crippen molar-refractivity contribution in [3.63, 3.8) is 0 Å². The molecule has 0 spiro atoms. The summed E-state index contributed by atoms with van der Waals surface area (Å²) in [5.41, 5.74) is 10.0. The second-order valence-electron chi connectivity index (χ2n) is 6.46. The second kappa shape index (κ2) is 6.49. The fraction of sp³-hybridized carbons (Fsp3) is 0.263. The number of carbonyl (C=O) groups excluding carboxylic acids is 1. The number of fused-ring (bicyclic) bond motifs is 1. The highest BCUT2D eigenvalue weighted by atomic mass is 32.1. The molecule has 0 saturated carbocycles. The van der Waals surface area contributed by atoms with Crippen molar-refractivity contribution >= 4 is 22.9 Å². The standard InChI is InChI=1S/C19H19N5OS/c1-11-3-6-18(26-11)15-5-4-14(20)16(23-15)7-19(25)24-9-13-8-21-12(2)22-17(13)10-24/h3-6,8H,7,9-10,20H2,1-2H3. The second-order valence-corrected chi connectivity index (χ2v) is 7.75. The number of aryl methyl sites for hydroxylation is 2. The number of nitrogens with two attached hydrogens (primary N) is 1. The monoisotopic (exact) mass is 365 g/mol. The van der Waals surface area contributed by atoms with Crippen molar-refractivity contribution in [3.05, 3.63) is 58.1 Å². The molecule has 0 unspecified atom stereocenters. The van der Waals surface area contributed by atoms with Crippen LogP contribution in [0.1, 0.15) is 27.7 Å². The van der Waals surface area contributed by atoms with Gasteiger partial charge in [-0.25, -0.2) is 15.0 Å². The average molecular weight is 365 g/mol. The van der Waals surface area contributed by atoms with Gasteiger partial charge in [0.25, 0.3) is 0 Å². The molecular formula is C19H19N5OS. The van der Waals surface area contributed by atoms with E-state index in [4.69, 9.17) is 5.73 Å². The molecule has 1 aliphatic heterocycles. The highest BCUT2D eigenvalue weighted by Gasteiger charge is 2.25. The number of amides is 1. The minimum absolute atomic E-state index is 0.000590. The van der Waals surface area contributed by atoms with Gasteiger partial charge in [-0.05, 0) is 38.1 Å². The molecule has 4 heterocycles. The van der Waals surface area contributed by atoms with Crippen molar-refractivity contribution in [3.8, 4) is 10.6 Å². The summed E-state index contributed by atoms with van der Waals surface area (Å²) < 4.78 is 0. The predicted molar refractivity (Wildman–Crippen MR) is 101 cm³/mol. The fourth-order valence-corrected chi connectivity index (χ4v) is 3.88. The summed E-state index contributed by atoms with van der Waals surface area (Å²) in [6, 6.07) is 7.84. The summed E-state index contributed by atoms with van der Waals surface area (Å²) in [5, 5.41) is 0. The van der Waals surface area contributed by atoms with E-state index in [-0.39, 0.29) is 12.3 Å². The number of nitrogen functional groups attached to an aromatic ring is 1. The van der Waals surface area contributed by atoms with Gasteiger partial charge in [0, 0.05) is 23.2 Å². The van der Waals surface area contributed by atoms with Crippen molar-refractivity contribution in [2.24, 2.45) is 0 Å². The van der Waals surface area contributed by atoms with Gasteiger partial charge in [0.05, 0.1) is 40.6 Å². The van der Waals surface area contributed by atoms with E-state index in [0.717, 1.165) is 27.7 Å². The third kappa shape index (κ3) is 3.17. The van der Waals surface area contributed by atoms with Crippen LogP contribution in [-0.4, -0.2) is 25.8 Å². The van der Waals surface area contributed by atoms with Crippen molar-refractivity contribution < 1.29 is 4.79 Å². The Morgan fingerprint density at radius 3 is 2.81 bits per heavy atom. The molecule has 0 saturated heterocycles. The van der Waals surface area contributed by atoms with Crippen molar-refractivity contribution in [2.45, 2.75) is 33.4 Å². The van der Waals surface area contributed by atoms with Gasteiger partial charge in [-0.1, -0.05) is 0 Å². The smallest absolute Gasteiger partial charge is 0.229 e. The maximum absolute atomic E-state index is 12.8. The topological polar surface area (TPSA) is 85.0 Å². The van der Waals surface area contributed by atoms with E-state index in [1.807, 2.05) is 25.1 Å². The normalized spacial score (nSPS) is 13.1. The van der Waals surface area contributed by atoms with E-state index < -0.39 is 0 Å². The maximum Gasteiger partial charge on any atom is 0.229 e. The van der Waals surface area contributed by atoms with Crippen LogP contribution in [0.4, 0.5) is 5.69 Å². The summed E-state index contributed by atoms with van der Waals surface area (Å²) in [4.78, 5) is 30.1. The summed E-state index contributed by atoms with van der Waals surface area (Å²) >= 11 is 1.68. The molecule has 132 valence electrons. The van der Waals surface area contributed by atoms with Gasteiger partial charge in [-0.15, -0.1) is 11.3 Å². The van der Waals surface area contributed by atoms with Crippen molar-refractivity contribution in [2.75, 3.05) is 5.73 Å². The highest BCUT2D eigenvalue weighted by molar-refractivity contribution is 7.15. The molecule has 2 N–H and O–H groups in total. The summed E-state index contributed by atoms with van der Waals surface area (Å²) in [5.74, 6) is 0.724. The molecule has 6 nitrogen and oxygen atoms in total. The molecule has 0 bridgehead atoms. The van der Waals surface area contributed by atoms with E-state index in [0.29, 0.717) is 24.5 Å². The van der Waals surface area contributed by atoms with Gasteiger partial charge >= 0.3 is 0 Å². The van der Waals surface area contributed by atoms with Crippen molar-refractivity contribution in [1.82, 2.24) is 19.9 Å². The van der Waals surface area contributed by atoms with E-state index in [1.54, 1.807) is 22.4 Å². The zero-order chi connectivity index (χ0) is 18.3. The van der Waals surface area contributed by atoms with Crippen LogP contribution in [0.3, 0.4) is 0 Å². The van der Waals surface area contributed by atoms with E-state index in [2.05, 4.69) is 27.9 Å². The third-order valence-electron chi connectivity index (χ3n) is 4.45. The first kappa shape index (κ1) is 16.7. The molecule has 0 aromatic carbocycles. The summed E-state index contributed by atoms with van der Waals surface area (Å²) in [7, 11) is 0. The Kier molecular flexibility index (Phi) is 4.16. The van der Waals surface area contributed by atoms with Crippen LogP contribution in [0.2, 0.25) is 0 Å². The minimum atomic E-state index is -0.000590. The fourth-order valence-electron chi connectivity index (χ4n) is 3.05. The number of rotatable bonds is 3. The van der Waals surface area contributed by atoms with Crippen LogP contribution in [0.5, 0.6) is 0 Å². The lowest BCUT2D eigenvalue weighted by atomic mass is 10.2. The van der Waals surface area contributed by atoms with Crippen molar-refractivity contribution in [1.29, 1.82) is 0 Å². The Balaban J connectivity index is 1.53. The lowest BCUT2D eigenvalue weighted by Crippen LogP contribution is -2.27. The van der Waals surface area contributed by atoms with Crippen LogP contribution in [-0.2, 0) is 24.3 Å². The zero-order valence-electron chi connectivity index (χ0n) is 14.7. The van der Waals surface area contributed by atoms with Gasteiger partial charge in [0.2, 0.25) is 5.91 Å². The van der Waals surface area contributed by atoms with Gasteiger partial charge in [0.1, 0.15) is 5.82 Å². The number of hydrogen-bond acceptors (Lipinski definition) is 6. The van der Waals surface area contributed by atoms with E-state index in [1.165, 1.54) is 4.88 Å². The Morgan fingerprint density at radius 2 is 2.04 bits per heavy atom. The number of nitrogens with zero attached hydrogens (tertiary/aromatic N) is 4. The number of carbonyl (C=O) groups is 1.